The Morgan fingerprint density at radius 2 is 1.88 bits per heavy atom. The maximum absolute atomic E-state index is 13.3. The molecule has 0 radical (unpaired) electrons. The van der Waals surface area contributed by atoms with E-state index in [1.807, 2.05) is 54.3 Å². The molecule has 0 spiro atoms. The molecular formula is C24H25Cl2N5O. The maximum Gasteiger partial charge on any atom is 0.318 e. The number of carbonyl (C=O) groups is 1. The minimum Gasteiger partial charge on any atom is -0.331 e. The summed E-state index contributed by atoms with van der Waals surface area (Å²) in [6, 6.07) is 13.6. The maximum atomic E-state index is 13.3. The van der Waals surface area contributed by atoms with Crippen LogP contribution in [0.1, 0.15) is 59.7 Å². The van der Waals surface area contributed by atoms with Crippen molar-refractivity contribution in [3.8, 4) is 0 Å². The van der Waals surface area contributed by atoms with Crippen molar-refractivity contribution < 1.29 is 4.79 Å². The van der Waals surface area contributed by atoms with Gasteiger partial charge in [0.1, 0.15) is 5.82 Å². The Labute approximate surface area is 197 Å². The number of likely N-dealkylation sites (tertiary alicyclic amines) is 1. The second kappa shape index (κ2) is 8.75. The van der Waals surface area contributed by atoms with Crippen LogP contribution in [0.25, 0.3) is 0 Å². The summed E-state index contributed by atoms with van der Waals surface area (Å²) in [4.78, 5) is 15.2. The molecule has 1 N–H and O–H groups in total. The topological polar surface area (TPSA) is 63.1 Å². The molecule has 2 atom stereocenters. The minimum atomic E-state index is -0.0883. The highest BCUT2D eigenvalue weighted by molar-refractivity contribution is 6.30. The van der Waals surface area contributed by atoms with E-state index in [0.29, 0.717) is 18.1 Å². The summed E-state index contributed by atoms with van der Waals surface area (Å²) in [5, 5.41) is 13.5. The molecular weight excluding hydrogens is 445 g/mol. The van der Waals surface area contributed by atoms with E-state index in [0.717, 1.165) is 47.9 Å². The van der Waals surface area contributed by atoms with Gasteiger partial charge in [0.25, 0.3) is 0 Å². The number of fused-ring (bicyclic) bond motifs is 1. The van der Waals surface area contributed by atoms with Gasteiger partial charge < -0.3 is 14.8 Å². The van der Waals surface area contributed by atoms with Crippen molar-refractivity contribution in [3.05, 3.63) is 80.8 Å². The van der Waals surface area contributed by atoms with Crippen LogP contribution in [-0.4, -0.2) is 32.2 Å². The van der Waals surface area contributed by atoms with Crippen molar-refractivity contribution >= 4 is 29.2 Å². The quantitative estimate of drug-likeness (QED) is 0.550. The van der Waals surface area contributed by atoms with Crippen LogP contribution in [0.3, 0.4) is 0 Å². The number of hydrogen-bond acceptors (Lipinski definition) is 3. The summed E-state index contributed by atoms with van der Waals surface area (Å²) < 4.78 is 2.10. The molecule has 1 fully saturated rings. The summed E-state index contributed by atoms with van der Waals surface area (Å²) in [6.45, 7) is 3.31. The van der Waals surface area contributed by atoms with E-state index in [4.69, 9.17) is 23.2 Å². The summed E-state index contributed by atoms with van der Waals surface area (Å²) in [5.74, 6) is 1.67. The molecule has 32 heavy (non-hydrogen) atoms. The fraction of sp³-hybridized carbons (Fsp3) is 0.375. The van der Waals surface area contributed by atoms with Crippen molar-refractivity contribution in [3.63, 3.8) is 0 Å². The zero-order valence-corrected chi connectivity index (χ0v) is 19.4. The Morgan fingerprint density at radius 3 is 2.69 bits per heavy atom. The lowest BCUT2D eigenvalue weighted by Gasteiger charge is -2.27. The normalized spacial score (nSPS) is 19.9. The van der Waals surface area contributed by atoms with E-state index in [-0.39, 0.29) is 18.1 Å². The van der Waals surface area contributed by atoms with Gasteiger partial charge in [-0.3, -0.25) is 0 Å². The number of rotatable bonds is 4. The van der Waals surface area contributed by atoms with E-state index < -0.39 is 0 Å². The number of amides is 2. The van der Waals surface area contributed by atoms with Gasteiger partial charge in [-0.1, -0.05) is 41.4 Å². The first kappa shape index (κ1) is 21.3. The molecule has 0 bridgehead atoms. The van der Waals surface area contributed by atoms with Crippen molar-refractivity contribution in [2.75, 3.05) is 6.54 Å². The van der Waals surface area contributed by atoms with Crippen LogP contribution < -0.4 is 5.32 Å². The van der Waals surface area contributed by atoms with Gasteiger partial charge in [-0.05, 0) is 73.6 Å². The lowest BCUT2D eigenvalue weighted by atomic mass is 10.1. The molecule has 0 saturated carbocycles. The van der Waals surface area contributed by atoms with Gasteiger partial charge in [0, 0.05) is 16.6 Å². The minimum absolute atomic E-state index is 0.0182. The smallest absolute Gasteiger partial charge is 0.318 e. The molecule has 166 valence electrons. The Morgan fingerprint density at radius 1 is 1.09 bits per heavy atom. The number of urea groups is 1. The van der Waals surface area contributed by atoms with Crippen molar-refractivity contribution in [2.45, 2.75) is 51.2 Å². The summed E-state index contributed by atoms with van der Waals surface area (Å²) in [7, 11) is 0. The molecule has 2 aromatic carbocycles. The second-order valence-corrected chi connectivity index (χ2v) is 9.43. The number of nitrogens with zero attached hydrogens (tertiary/aromatic N) is 4. The number of carbonyl (C=O) groups excluding carboxylic acids is 1. The summed E-state index contributed by atoms with van der Waals surface area (Å²) in [5.41, 5.74) is 3.51. The van der Waals surface area contributed by atoms with Crippen LogP contribution in [0.2, 0.25) is 10.0 Å². The fourth-order valence-electron chi connectivity index (χ4n) is 4.86. The van der Waals surface area contributed by atoms with Gasteiger partial charge in [0.15, 0.2) is 5.82 Å². The van der Waals surface area contributed by atoms with Crippen LogP contribution in [0.5, 0.6) is 0 Å². The summed E-state index contributed by atoms with van der Waals surface area (Å²) in [6.07, 6.45) is 3.65. The zero-order valence-electron chi connectivity index (χ0n) is 17.9. The Kier molecular flexibility index (Phi) is 5.82. The Hall–Kier alpha value is -2.57. The molecule has 2 aliphatic rings. The molecule has 1 saturated heterocycles. The van der Waals surface area contributed by atoms with Gasteiger partial charge in [0.05, 0.1) is 18.6 Å². The third-order valence-corrected chi connectivity index (χ3v) is 7.00. The average Bonchev–Trinajstić information content (AvgIpc) is 3.49. The van der Waals surface area contributed by atoms with Gasteiger partial charge in [0.2, 0.25) is 0 Å². The Bertz CT molecular complexity index is 1140. The molecule has 0 unspecified atom stereocenters. The summed E-state index contributed by atoms with van der Waals surface area (Å²) >= 11 is 12.2. The van der Waals surface area contributed by atoms with Crippen LogP contribution in [-0.2, 0) is 13.0 Å². The highest BCUT2D eigenvalue weighted by Crippen LogP contribution is 2.35. The number of nitrogens with one attached hydrogen (secondary N) is 1. The Balaban J connectivity index is 1.34. The largest absolute Gasteiger partial charge is 0.331 e. The number of benzene rings is 2. The molecule has 6 nitrogen and oxygen atoms in total. The van der Waals surface area contributed by atoms with Crippen molar-refractivity contribution in [1.29, 1.82) is 0 Å². The second-order valence-electron chi connectivity index (χ2n) is 8.55. The van der Waals surface area contributed by atoms with Gasteiger partial charge in [-0.15, -0.1) is 10.2 Å². The zero-order chi connectivity index (χ0) is 22.2. The highest BCUT2D eigenvalue weighted by atomic mass is 35.5. The van der Waals surface area contributed by atoms with Crippen molar-refractivity contribution in [1.82, 2.24) is 25.0 Å². The SMILES string of the molecule is Cc1nnc([C@H]2CCCN2C(=O)N[C@H]2CCc3cc(Cl)ccc32)n1Cc1ccc(Cl)cc1. The predicted molar refractivity (Wildman–Crippen MR) is 125 cm³/mol. The third kappa shape index (κ3) is 4.09. The van der Waals surface area contributed by atoms with Crippen LogP contribution in [0, 0.1) is 6.92 Å². The standard InChI is InChI=1S/C24H25Cl2N5O/c1-15-28-29-23(31(15)14-16-4-7-18(25)8-5-16)22-3-2-12-30(22)24(32)27-21-11-6-17-13-19(26)9-10-20(17)21/h4-5,7-10,13,21-22H,2-3,6,11-12,14H2,1H3,(H,27,32)/t21-,22+/m0/s1. The van der Waals surface area contributed by atoms with Gasteiger partial charge in [-0.2, -0.15) is 0 Å². The number of aromatic nitrogens is 3. The number of aryl methyl sites for hydroxylation is 2. The molecule has 1 aliphatic heterocycles. The highest BCUT2D eigenvalue weighted by Gasteiger charge is 2.35. The average molecular weight is 470 g/mol. The predicted octanol–water partition coefficient (Wildman–Crippen LogP) is 5.48. The van der Waals surface area contributed by atoms with Gasteiger partial charge in [-0.25, -0.2) is 4.79 Å². The molecule has 1 aromatic heterocycles. The lowest BCUT2D eigenvalue weighted by Crippen LogP contribution is -2.41. The van der Waals surface area contributed by atoms with E-state index in [1.54, 1.807) is 0 Å². The first-order valence-electron chi connectivity index (χ1n) is 11.0. The molecule has 3 aromatic rings. The molecule has 2 amide bonds. The first-order chi connectivity index (χ1) is 15.5. The first-order valence-corrected chi connectivity index (χ1v) is 11.7. The molecule has 2 heterocycles. The van der Waals surface area contributed by atoms with E-state index in [2.05, 4.69) is 20.1 Å². The van der Waals surface area contributed by atoms with Crippen LogP contribution >= 0.6 is 23.2 Å². The number of hydrogen-bond donors (Lipinski definition) is 1. The van der Waals surface area contributed by atoms with E-state index in [9.17, 15) is 4.79 Å². The van der Waals surface area contributed by atoms with Gasteiger partial charge >= 0.3 is 6.03 Å². The molecule has 5 rings (SSSR count). The monoisotopic (exact) mass is 469 g/mol. The number of halogens is 2. The van der Waals surface area contributed by atoms with Crippen LogP contribution in [0.15, 0.2) is 42.5 Å². The molecule has 1 aliphatic carbocycles. The lowest BCUT2D eigenvalue weighted by molar-refractivity contribution is 0.185. The molecule has 8 heteroatoms. The van der Waals surface area contributed by atoms with Crippen LogP contribution in [0.4, 0.5) is 4.79 Å². The van der Waals surface area contributed by atoms with E-state index in [1.165, 1.54) is 11.1 Å². The fourth-order valence-corrected chi connectivity index (χ4v) is 5.18. The third-order valence-electron chi connectivity index (χ3n) is 6.51. The van der Waals surface area contributed by atoms with Crippen molar-refractivity contribution in [2.24, 2.45) is 0 Å². The van der Waals surface area contributed by atoms with E-state index >= 15 is 0 Å².